The van der Waals surface area contributed by atoms with Gasteiger partial charge in [-0.05, 0) is 37.3 Å². The van der Waals surface area contributed by atoms with Gasteiger partial charge in [-0.3, -0.25) is 19.7 Å². The molecule has 0 spiro atoms. The molecule has 4 rings (SSSR count). The van der Waals surface area contributed by atoms with Crippen LogP contribution in [-0.4, -0.2) is 47.8 Å². The van der Waals surface area contributed by atoms with Crippen molar-refractivity contribution in [3.63, 3.8) is 0 Å². The molecule has 2 aliphatic rings. The molecule has 2 amide bonds. The number of carbonyl (C=O) groups excluding carboxylic acids is 2. The number of phenolic OH excluding ortho intramolecular Hbond substituents is 1. The Morgan fingerprint density at radius 1 is 1.03 bits per heavy atom. The summed E-state index contributed by atoms with van der Waals surface area (Å²) in [5, 5.41) is 23.4. The molecule has 2 aromatic rings. The van der Waals surface area contributed by atoms with Crippen molar-refractivity contribution in [3.05, 3.63) is 48.0 Å². The SMILES string of the molecule is COc1ccc(N2C(=O)[C@H]3[C@@H](C2=O)[C@@](C)(C(=O)O)N[C@H]3c2ccc(OC)cc2O)cc1. The van der Waals surface area contributed by atoms with E-state index in [1.807, 2.05) is 0 Å². The number of rotatable bonds is 5. The van der Waals surface area contributed by atoms with Crippen LogP contribution < -0.4 is 19.7 Å². The molecule has 2 aromatic carbocycles. The molecule has 31 heavy (non-hydrogen) atoms. The average Bonchev–Trinajstić information content (AvgIpc) is 3.21. The number of ether oxygens (including phenoxy) is 2. The van der Waals surface area contributed by atoms with Gasteiger partial charge in [0.25, 0.3) is 0 Å². The molecule has 3 N–H and O–H groups in total. The number of imide groups is 1. The predicted octanol–water partition coefficient (Wildman–Crippen LogP) is 1.70. The third kappa shape index (κ3) is 3.00. The van der Waals surface area contributed by atoms with E-state index >= 15 is 0 Å². The third-order valence-corrected chi connectivity index (χ3v) is 6.14. The molecule has 9 heteroatoms. The minimum atomic E-state index is -1.70. The number of carboxylic acid groups (broad SMARTS) is 1. The van der Waals surface area contributed by atoms with Crippen molar-refractivity contribution in [2.75, 3.05) is 19.1 Å². The van der Waals surface area contributed by atoms with Crippen molar-refractivity contribution in [1.29, 1.82) is 0 Å². The van der Waals surface area contributed by atoms with E-state index in [9.17, 15) is 24.6 Å². The van der Waals surface area contributed by atoms with Crippen molar-refractivity contribution in [2.24, 2.45) is 11.8 Å². The number of anilines is 1. The number of hydrogen-bond donors (Lipinski definition) is 3. The summed E-state index contributed by atoms with van der Waals surface area (Å²) in [6.45, 7) is 1.39. The van der Waals surface area contributed by atoms with Crippen LogP contribution in [0.2, 0.25) is 0 Å². The molecule has 2 aliphatic heterocycles. The lowest BCUT2D eigenvalue weighted by Gasteiger charge is -2.27. The molecule has 9 nitrogen and oxygen atoms in total. The number of fused-ring (bicyclic) bond motifs is 1. The van der Waals surface area contributed by atoms with Crippen LogP contribution in [0, 0.1) is 11.8 Å². The molecule has 0 bridgehead atoms. The quantitative estimate of drug-likeness (QED) is 0.617. The number of aromatic hydroxyl groups is 1. The summed E-state index contributed by atoms with van der Waals surface area (Å²) in [5.41, 5.74) is -1.05. The van der Waals surface area contributed by atoms with Gasteiger partial charge >= 0.3 is 5.97 Å². The molecule has 0 radical (unpaired) electrons. The number of carbonyl (C=O) groups is 3. The molecule has 4 atom stereocenters. The lowest BCUT2D eigenvalue weighted by atomic mass is 9.80. The predicted molar refractivity (Wildman–Crippen MR) is 109 cm³/mol. The summed E-state index contributed by atoms with van der Waals surface area (Å²) < 4.78 is 10.2. The fraction of sp³-hybridized carbons (Fsp3) is 0.318. The number of amides is 2. The van der Waals surface area contributed by atoms with Crippen LogP contribution in [-0.2, 0) is 14.4 Å². The van der Waals surface area contributed by atoms with E-state index in [2.05, 4.69) is 5.32 Å². The number of methoxy groups -OCH3 is 2. The molecule has 0 unspecified atom stereocenters. The fourth-order valence-electron chi connectivity index (χ4n) is 4.50. The monoisotopic (exact) mass is 426 g/mol. The first-order valence-electron chi connectivity index (χ1n) is 9.62. The molecule has 2 saturated heterocycles. The minimum absolute atomic E-state index is 0.159. The summed E-state index contributed by atoms with van der Waals surface area (Å²) in [4.78, 5) is 39.9. The van der Waals surface area contributed by atoms with Gasteiger partial charge in [-0.2, -0.15) is 0 Å². The van der Waals surface area contributed by atoms with Crippen molar-refractivity contribution < 1.29 is 34.1 Å². The summed E-state index contributed by atoms with van der Waals surface area (Å²) in [6, 6.07) is 10.0. The first-order chi connectivity index (χ1) is 14.7. The van der Waals surface area contributed by atoms with Crippen LogP contribution in [0.4, 0.5) is 5.69 Å². The first kappa shape index (κ1) is 20.7. The third-order valence-electron chi connectivity index (χ3n) is 6.14. The van der Waals surface area contributed by atoms with Gasteiger partial charge in [0, 0.05) is 17.7 Å². The molecule has 162 valence electrons. The van der Waals surface area contributed by atoms with E-state index in [-0.39, 0.29) is 5.75 Å². The zero-order valence-electron chi connectivity index (χ0n) is 17.2. The number of hydrogen-bond acceptors (Lipinski definition) is 7. The van der Waals surface area contributed by atoms with Crippen LogP contribution in [0.15, 0.2) is 42.5 Å². The van der Waals surface area contributed by atoms with Gasteiger partial charge < -0.3 is 19.7 Å². The highest BCUT2D eigenvalue weighted by molar-refractivity contribution is 6.24. The normalized spacial score (nSPS) is 27.3. The summed E-state index contributed by atoms with van der Waals surface area (Å²) in [7, 11) is 2.95. The van der Waals surface area contributed by atoms with E-state index in [4.69, 9.17) is 9.47 Å². The molecule has 2 fully saturated rings. The minimum Gasteiger partial charge on any atom is -0.507 e. The summed E-state index contributed by atoms with van der Waals surface area (Å²) in [5.74, 6) is -3.73. The maximum atomic E-state index is 13.4. The molecular weight excluding hydrogens is 404 g/mol. The largest absolute Gasteiger partial charge is 0.507 e. The number of benzene rings is 2. The van der Waals surface area contributed by atoms with Gasteiger partial charge in [-0.25, -0.2) is 4.90 Å². The van der Waals surface area contributed by atoms with Gasteiger partial charge in [0.1, 0.15) is 22.8 Å². The molecule has 0 aromatic heterocycles. The Morgan fingerprint density at radius 2 is 1.65 bits per heavy atom. The highest BCUT2D eigenvalue weighted by Crippen LogP contribution is 2.51. The van der Waals surface area contributed by atoms with Crippen molar-refractivity contribution in [1.82, 2.24) is 5.32 Å². The van der Waals surface area contributed by atoms with Crippen molar-refractivity contribution in [2.45, 2.75) is 18.5 Å². The highest BCUT2D eigenvalue weighted by Gasteiger charge is 2.67. The molecule has 2 heterocycles. The van der Waals surface area contributed by atoms with Gasteiger partial charge in [0.05, 0.1) is 31.7 Å². The second kappa shape index (κ2) is 7.28. The topological polar surface area (TPSA) is 125 Å². The summed E-state index contributed by atoms with van der Waals surface area (Å²) >= 11 is 0. The Bertz CT molecular complexity index is 1070. The Labute approximate surface area is 178 Å². The standard InChI is InChI=1S/C22H22N2O7/c1-22(21(28)29)17-16(18(23-22)14-9-8-13(31-3)10-15(14)25)19(26)24(20(17)27)11-4-6-12(30-2)7-5-11/h4-10,16-18,23,25H,1-3H3,(H,28,29)/t16-,17-,18-,22-/m0/s1. The van der Waals surface area contributed by atoms with Crippen LogP contribution in [0.3, 0.4) is 0 Å². The Kier molecular flexibility index (Phi) is 4.85. The number of carboxylic acids is 1. The maximum Gasteiger partial charge on any atom is 0.324 e. The first-order valence-corrected chi connectivity index (χ1v) is 9.62. The molecule has 0 aliphatic carbocycles. The zero-order valence-corrected chi connectivity index (χ0v) is 17.2. The van der Waals surface area contributed by atoms with Crippen LogP contribution >= 0.6 is 0 Å². The number of phenols is 1. The fourth-order valence-corrected chi connectivity index (χ4v) is 4.50. The van der Waals surface area contributed by atoms with E-state index < -0.39 is 41.2 Å². The van der Waals surface area contributed by atoms with Gasteiger partial charge in [0.2, 0.25) is 11.8 Å². The van der Waals surface area contributed by atoms with Crippen LogP contribution in [0.1, 0.15) is 18.5 Å². The Balaban J connectivity index is 1.80. The van der Waals surface area contributed by atoms with Crippen LogP contribution in [0.5, 0.6) is 17.2 Å². The Hall–Kier alpha value is -3.59. The van der Waals surface area contributed by atoms with Crippen molar-refractivity contribution in [3.8, 4) is 17.2 Å². The van der Waals surface area contributed by atoms with E-state index in [0.29, 0.717) is 22.7 Å². The average molecular weight is 426 g/mol. The van der Waals surface area contributed by atoms with Gasteiger partial charge in [-0.15, -0.1) is 0 Å². The van der Waals surface area contributed by atoms with Gasteiger partial charge in [-0.1, -0.05) is 6.07 Å². The summed E-state index contributed by atoms with van der Waals surface area (Å²) in [6.07, 6.45) is 0. The van der Waals surface area contributed by atoms with E-state index in [0.717, 1.165) is 4.90 Å². The second-order valence-corrected chi connectivity index (χ2v) is 7.77. The van der Waals surface area contributed by atoms with Crippen molar-refractivity contribution >= 4 is 23.5 Å². The van der Waals surface area contributed by atoms with E-state index in [1.54, 1.807) is 36.4 Å². The highest BCUT2D eigenvalue weighted by atomic mass is 16.5. The molecule has 0 saturated carbocycles. The second-order valence-electron chi connectivity index (χ2n) is 7.77. The maximum absolute atomic E-state index is 13.4. The number of nitrogens with zero attached hydrogens (tertiary/aromatic N) is 1. The zero-order chi connectivity index (χ0) is 22.5. The lowest BCUT2D eigenvalue weighted by Crippen LogP contribution is -2.53. The van der Waals surface area contributed by atoms with Crippen LogP contribution in [0.25, 0.3) is 0 Å². The molecular formula is C22H22N2O7. The van der Waals surface area contributed by atoms with Gasteiger partial charge in [0.15, 0.2) is 0 Å². The number of nitrogens with one attached hydrogen (secondary N) is 1. The Morgan fingerprint density at radius 3 is 2.19 bits per heavy atom. The lowest BCUT2D eigenvalue weighted by molar-refractivity contribution is -0.147. The smallest absolute Gasteiger partial charge is 0.324 e. The van der Waals surface area contributed by atoms with E-state index in [1.165, 1.54) is 27.2 Å². The number of aliphatic carboxylic acids is 1.